The molecule has 2 rings (SSSR count). The molecule has 0 radical (unpaired) electrons. The Morgan fingerprint density at radius 3 is 3.00 bits per heavy atom. The highest BCUT2D eigenvalue weighted by Crippen LogP contribution is 2.24. The molecule has 1 aliphatic rings. The topological polar surface area (TPSA) is 41.1 Å². The highest BCUT2D eigenvalue weighted by atomic mass is 79.9. The number of fused-ring (bicyclic) bond motifs is 1. The van der Waals surface area contributed by atoms with Crippen molar-refractivity contribution in [2.24, 2.45) is 0 Å². The Bertz CT molecular complexity index is 434. The van der Waals surface area contributed by atoms with Crippen LogP contribution in [-0.2, 0) is 17.6 Å². The lowest BCUT2D eigenvalue weighted by Crippen LogP contribution is -2.39. The maximum Gasteiger partial charge on any atom is 0.216 e. The zero-order valence-corrected chi connectivity index (χ0v) is 12.2. The van der Waals surface area contributed by atoms with Crippen molar-refractivity contribution in [2.45, 2.75) is 32.2 Å². The highest BCUT2D eigenvalue weighted by molar-refractivity contribution is 9.10. The molecule has 0 fully saturated rings. The molecule has 18 heavy (non-hydrogen) atoms. The first-order chi connectivity index (χ1) is 8.65. The summed E-state index contributed by atoms with van der Waals surface area (Å²) in [5.74, 6) is 0.0376. The number of halogens is 1. The van der Waals surface area contributed by atoms with Crippen molar-refractivity contribution in [2.75, 3.05) is 13.1 Å². The second kappa shape index (κ2) is 6.34. The largest absolute Gasteiger partial charge is 0.355 e. The zero-order valence-electron chi connectivity index (χ0n) is 10.6. The quantitative estimate of drug-likeness (QED) is 0.836. The van der Waals surface area contributed by atoms with Crippen molar-refractivity contribution in [1.29, 1.82) is 0 Å². The van der Waals surface area contributed by atoms with Gasteiger partial charge in [-0.1, -0.05) is 22.0 Å². The second-order valence-corrected chi connectivity index (χ2v) is 5.71. The third-order valence-electron chi connectivity index (χ3n) is 3.33. The lowest BCUT2D eigenvalue weighted by Gasteiger charge is -2.25. The average Bonchev–Trinajstić information content (AvgIpc) is 2.34. The van der Waals surface area contributed by atoms with Crippen LogP contribution in [0.4, 0.5) is 0 Å². The van der Waals surface area contributed by atoms with Crippen LogP contribution >= 0.6 is 15.9 Å². The molecule has 0 spiro atoms. The molecule has 4 heteroatoms. The lowest BCUT2D eigenvalue weighted by molar-refractivity contribution is -0.118. The summed E-state index contributed by atoms with van der Waals surface area (Å²) in [6, 6.07) is 7.08. The number of rotatable bonds is 4. The minimum Gasteiger partial charge on any atom is -0.355 e. The molecule has 0 saturated heterocycles. The number of hydrogen-bond acceptors (Lipinski definition) is 2. The van der Waals surface area contributed by atoms with Gasteiger partial charge in [-0.2, -0.15) is 0 Å². The van der Waals surface area contributed by atoms with Crippen LogP contribution in [0.1, 0.15) is 24.5 Å². The van der Waals surface area contributed by atoms with Gasteiger partial charge in [0.1, 0.15) is 0 Å². The van der Waals surface area contributed by atoms with Gasteiger partial charge in [0.05, 0.1) is 0 Å². The van der Waals surface area contributed by atoms with Crippen LogP contribution < -0.4 is 10.6 Å². The fraction of sp³-hybridized carbons (Fsp3) is 0.500. The number of amides is 1. The van der Waals surface area contributed by atoms with E-state index in [1.165, 1.54) is 22.0 Å². The van der Waals surface area contributed by atoms with Gasteiger partial charge in [-0.25, -0.2) is 0 Å². The molecule has 0 saturated carbocycles. The van der Waals surface area contributed by atoms with Gasteiger partial charge in [0.2, 0.25) is 5.91 Å². The third kappa shape index (κ3) is 3.82. The number of carbonyl (C=O) groups is 1. The fourth-order valence-corrected chi connectivity index (χ4v) is 2.82. The van der Waals surface area contributed by atoms with E-state index < -0.39 is 0 Å². The van der Waals surface area contributed by atoms with Crippen LogP contribution in [0.2, 0.25) is 0 Å². The van der Waals surface area contributed by atoms with E-state index in [-0.39, 0.29) is 5.91 Å². The molecule has 98 valence electrons. The molecule has 1 aromatic rings. The third-order valence-corrected chi connectivity index (χ3v) is 3.82. The minimum atomic E-state index is 0.0376. The summed E-state index contributed by atoms with van der Waals surface area (Å²) >= 11 is 3.51. The normalized spacial score (nSPS) is 18.2. The maximum atomic E-state index is 10.7. The van der Waals surface area contributed by atoms with Crippen molar-refractivity contribution < 1.29 is 4.79 Å². The van der Waals surface area contributed by atoms with Crippen molar-refractivity contribution in [3.63, 3.8) is 0 Å². The molecule has 0 heterocycles. The Labute approximate surface area is 116 Å². The Balaban J connectivity index is 1.81. The summed E-state index contributed by atoms with van der Waals surface area (Å²) in [4.78, 5) is 10.7. The van der Waals surface area contributed by atoms with Crippen molar-refractivity contribution in [1.82, 2.24) is 10.6 Å². The van der Waals surface area contributed by atoms with Crippen LogP contribution in [0.3, 0.4) is 0 Å². The molecule has 1 unspecified atom stereocenters. The van der Waals surface area contributed by atoms with Gasteiger partial charge in [-0.15, -0.1) is 0 Å². The first-order valence-corrected chi connectivity index (χ1v) is 7.19. The molecule has 1 aromatic carbocycles. The fourth-order valence-electron chi connectivity index (χ4n) is 2.41. The van der Waals surface area contributed by atoms with Gasteiger partial charge in [-0.3, -0.25) is 4.79 Å². The van der Waals surface area contributed by atoms with Crippen LogP contribution in [0.5, 0.6) is 0 Å². The Morgan fingerprint density at radius 2 is 2.22 bits per heavy atom. The Kier molecular flexibility index (Phi) is 4.78. The van der Waals surface area contributed by atoms with Crippen LogP contribution in [-0.4, -0.2) is 25.0 Å². The molecule has 0 aliphatic heterocycles. The van der Waals surface area contributed by atoms with Gasteiger partial charge in [0.25, 0.3) is 0 Å². The number of carbonyl (C=O) groups excluding carboxylic acids is 1. The van der Waals surface area contributed by atoms with E-state index in [0.717, 1.165) is 19.4 Å². The van der Waals surface area contributed by atoms with E-state index in [9.17, 15) is 4.79 Å². The summed E-state index contributed by atoms with van der Waals surface area (Å²) < 4.78 is 1.17. The first kappa shape index (κ1) is 13.6. The van der Waals surface area contributed by atoms with E-state index in [4.69, 9.17) is 0 Å². The van der Waals surface area contributed by atoms with Crippen LogP contribution in [0.15, 0.2) is 22.7 Å². The number of nitrogens with one attached hydrogen (secondary N) is 2. The van der Waals surface area contributed by atoms with E-state index in [2.05, 4.69) is 44.8 Å². The number of benzene rings is 1. The Morgan fingerprint density at radius 1 is 1.39 bits per heavy atom. The number of hydrogen-bond donors (Lipinski definition) is 2. The van der Waals surface area contributed by atoms with Gasteiger partial charge in [-0.05, 0) is 42.5 Å². The standard InChI is InChI=1S/C14H19BrN2O/c1-10(18)16-6-7-17-14-5-3-11-8-13(15)4-2-12(11)9-14/h2,4,8,14,17H,3,5-7,9H2,1H3,(H,16,18). The molecular formula is C14H19BrN2O. The zero-order chi connectivity index (χ0) is 13.0. The molecule has 1 amide bonds. The summed E-state index contributed by atoms with van der Waals surface area (Å²) in [5, 5.41) is 6.31. The lowest BCUT2D eigenvalue weighted by atomic mass is 9.88. The van der Waals surface area contributed by atoms with Crippen molar-refractivity contribution >= 4 is 21.8 Å². The number of aryl methyl sites for hydroxylation is 1. The average molecular weight is 311 g/mol. The van der Waals surface area contributed by atoms with Gasteiger partial charge in [0, 0.05) is 30.5 Å². The monoisotopic (exact) mass is 310 g/mol. The molecule has 3 nitrogen and oxygen atoms in total. The smallest absolute Gasteiger partial charge is 0.216 e. The summed E-state index contributed by atoms with van der Waals surface area (Å²) in [6.45, 7) is 3.10. The minimum absolute atomic E-state index is 0.0376. The first-order valence-electron chi connectivity index (χ1n) is 6.40. The predicted octanol–water partition coefficient (Wildman–Crippen LogP) is 2.03. The van der Waals surface area contributed by atoms with Crippen LogP contribution in [0.25, 0.3) is 0 Å². The van der Waals surface area contributed by atoms with E-state index in [0.29, 0.717) is 12.6 Å². The summed E-state index contributed by atoms with van der Waals surface area (Å²) in [6.07, 6.45) is 3.39. The van der Waals surface area contributed by atoms with Crippen LogP contribution in [0, 0.1) is 0 Å². The van der Waals surface area contributed by atoms with E-state index in [1.54, 1.807) is 6.92 Å². The van der Waals surface area contributed by atoms with Crippen molar-refractivity contribution in [3.8, 4) is 0 Å². The van der Waals surface area contributed by atoms with Gasteiger partial charge < -0.3 is 10.6 Å². The molecule has 1 atom stereocenters. The molecule has 0 bridgehead atoms. The molecule has 0 aromatic heterocycles. The van der Waals surface area contributed by atoms with Gasteiger partial charge in [0.15, 0.2) is 0 Å². The SMILES string of the molecule is CC(=O)NCCNC1CCc2cc(Br)ccc2C1. The summed E-state index contributed by atoms with van der Waals surface area (Å²) in [7, 11) is 0. The molecule has 1 aliphatic carbocycles. The predicted molar refractivity (Wildman–Crippen MR) is 76.6 cm³/mol. The van der Waals surface area contributed by atoms with E-state index in [1.807, 2.05) is 0 Å². The summed E-state index contributed by atoms with van der Waals surface area (Å²) in [5.41, 5.74) is 2.91. The van der Waals surface area contributed by atoms with Gasteiger partial charge >= 0.3 is 0 Å². The molecule has 2 N–H and O–H groups in total. The van der Waals surface area contributed by atoms with E-state index >= 15 is 0 Å². The maximum absolute atomic E-state index is 10.7. The van der Waals surface area contributed by atoms with Crippen molar-refractivity contribution in [3.05, 3.63) is 33.8 Å². The Hall–Kier alpha value is -0.870. The molecular weight excluding hydrogens is 292 g/mol. The highest BCUT2D eigenvalue weighted by Gasteiger charge is 2.17. The second-order valence-electron chi connectivity index (χ2n) is 4.79.